The Balaban J connectivity index is 2.01. The van der Waals surface area contributed by atoms with Crippen LogP contribution in [0.5, 0.6) is 0 Å². The minimum atomic E-state index is 0.829. The molecule has 2 rings (SSSR count). The summed E-state index contributed by atoms with van der Waals surface area (Å²) in [6.45, 7) is 9.26. The standard InChI is InChI=1S/C18H30N2/c1-4-19-13-17-6-5-16(14(2)3)12-18(17)11-15-7-9-20-10-8-15/h7-10,14,16-19H,4-6,11-13H2,1-3H3. The maximum atomic E-state index is 4.14. The maximum Gasteiger partial charge on any atom is 0.0270 e. The van der Waals surface area contributed by atoms with Gasteiger partial charge in [-0.3, -0.25) is 4.98 Å². The smallest absolute Gasteiger partial charge is 0.0270 e. The molecule has 1 saturated carbocycles. The summed E-state index contributed by atoms with van der Waals surface area (Å²) in [5, 5.41) is 3.57. The van der Waals surface area contributed by atoms with E-state index in [1.807, 2.05) is 12.4 Å². The van der Waals surface area contributed by atoms with E-state index in [-0.39, 0.29) is 0 Å². The molecule has 20 heavy (non-hydrogen) atoms. The fraction of sp³-hybridized carbons (Fsp3) is 0.722. The molecule has 1 aromatic rings. The molecule has 1 N–H and O–H groups in total. The number of nitrogens with zero attached hydrogens (tertiary/aromatic N) is 1. The largest absolute Gasteiger partial charge is 0.317 e. The lowest BCUT2D eigenvalue weighted by molar-refractivity contribution is 0.145. The summed E-state index contributed by atoms with van der Waals surface area (Å²) in [6, 6.07) is 4.37. The topological polar surface area (TPSA) is 24.9 Å². The molecule has 3 unspecified atom stereocenters. The van der Waals surface area contributed by atoms with Crippen LogP contribution in [0.3, 0.4) is 0 Å². The molecule has 0 aliphatic heterocycles. The van der Waals surface area contributed by atoms with Crippen molar-refractivity contribution in [1.29, 1.82) is 0 Å². The molecule has 1 aliphatic carbocycles. The molecule has 2 heteroatoms. The fourth-order valence-electron chi connectivity index (χ4n) is 3.64. The van der Waals surface area contributed by atoms with Crippen LogP contribution in [0.2, 0.25) is 0 Å². The summed E-state index contributed by atoms with van der Waals surface area (Å²) in [6.07, 6.45) is 9.29. The summed E-state index contributed by atoms with van der Waals surface area (Å²) >= 11 is 0. The highest BCUT2D eigenvalue weighted by Gasteiger charge is 2.31. The van der Waals surface area contributed by atoms with E-state index in [1.54, 1.807) is 0 Å². The van der Waals surface area contributed by atoms with E-state index >= 15 is 0 Å². The number of hydrogen-bond donors (Lipinski definition) is 1. The highest BCUT2D eigenvalue weighted by atomic mass is 14.8. The van der Waals surface area contributed by atoms with Gasteiger partial charge in [-0.1, -0.05) is 20.8 Å². The van der Waals surface area contributed by atoms with Gasteiger partial charge >= 0.3 is 0 Å². The molecule has 3 atom stereocenters. The Hall–Kier alpha value is -0.890. The Bertz CT molecular complexity index is 374. The van der Waals surface area contributed by atoms with Gasteiger partial charge in [0.1, 0.15) is 0 Å². The van der Waals surface area contributed by atoms with Gasteiger partial charge in [0, 0.05) is 12.4 Å². The second kappa shape index (κ2) is 7.78. The van der Waals surface area contributed by atoms with Gasteiger partial charge in [0.15, 0.2) is 0 Å². The molecule has 2 nitrogen and oxygen atoms in total. The quantitative estimate of drug-likeness (QED) is 0.850. The van der Waals surface area contributed by atoms with E-state index < -0.39 is 0 Å². The summed E-state index contributed by atoms with van der Waals surface area (Å²) in [7, 11) is 0. The highest BCUT2D eigenvalue weighted by Crippen LogP contribution is 2.38. The van der Waals surface area contributed by atoms with Crippen molar-refractivity contribution in [3.8, 4) is 0 Å². The summed E-state index contributed by atoms with van der Waals surface area (Å²) in [4.78, 5) is 4.14. The van der Waals surface area contributed by atoms with Crippen LogP contribution < -0.4 is 5.32 Å². The summed E-state index contributed by atoms with van der Waals surface area (Å²) in [5.41, 5.74) is 1.45. The zero-order valence-electron chi connectivity index (χ0n) is 13.3. The molecule has 0 saturated heterocycles. The summed E-state index contributed by atoms with van der Waals surface area (Å²) in [5.74, 6) is 3.42. The van der Waals surface area contributed by atoms with Gasteiger partial charge in [0.2, 0.25) is 0 Å². The summed E-state index contributed by atoms with van der Waals surface area (Å²) < 4.78 is 0. The Morgan fingerprint density at radius 3 is 2.60 bits per heavy atom. The van der Waals surface area contributed by atoms with Crippen molar-refractivity contribution < 1.29 is 0 Å². The zero-order valence-corrected chi connectivity index (χ0v) is 13.3. The molecule has 0 amide bonds. The highest BCUT2D eigenvalue weighted by molar-refractivity contribution is 5.11. The molecule has 1 heterocycles. The number of hydrogen-bond acceptors (Lipinski definition) is 2. The lowest BCUT2D eigenvalue weighted by atomic mass is 9.69. The first kappa shape index (κ1) is 15.5. The normalized spacial score (nSPS) is 26.9. The van der Waals surface area contributed by atoms with E-state index in [0.29, 0.717) is 0 Å². The molecule has 112 valence electrons. The predicted octanol–water partition coefficient (Wildman–Crippen LogP) is 3.92. The number of pyridine rings is 1. The average molecular weight is 274 g/mol. The van der Waals surface area contributed by atoms with Gasteiger partial charge in [-0.2, -0.15) is 0 Å². The van der Waals surface area contributed by atoms with E-state index in [4.69, 9.17) is 0 Å². The molecule has 0 aromatic carbocycles. The molecular formula is C18H30N2. The number of nitrogens with one attached hydrogen (secondary N) is 1. The predicted molar refractivity (Wildman–Crippen MR) is 85.6 cm³/mol. The Labute approximate surface area is 124 Å². The van der Waals surface area contributed by atoms with Gasteiger partial charge in [0.25, 0.3) is 0 Å². The van der Waals surface area contributed by atoms with Crippen LogP contribution in [0.4, 0.5) is 0 Å². The van der Waals surface area contributed by atoms with Crippen LogP contribution >= 0.6 is 0 Å². The van der Waals surface area contributed by atoms with Gasteiger partial charge in [0.05, 0.1) is 0 Å². The molecule has 0 bridgehead atoms. The van der Waals surface area contributed by atoms with Crippen LogP contribution in [0.25, 0.3) is 0 Å². The maximum absolute atomic E-state index is 4.14. The van der Waals surface area contributed by atoms with Crippen molar-refractivity contribution in [1.82, 2.24) is 10.3 Å². The molecule has 0 radical (unpaired) electrons. The van der Waals surface area contributed by atoms with Crippen LogP contribution in [-0.4, -0.2) is 18.1 Å². The van der Waals surface area contributed by atoms with E-state index in [0.717, 1.165) is 30.2 Å². The van der Waals surface area contributed by atoms with E-state index in [1.165, 1.54) is 37.8 Å². The monoisotopic (exact) mass is 274 g/mol. The zero-order chi connectivity index (χ0) is 14.4. The third-order valence-electron chi connectivity index (χ3n) is 5.03. The van der Waals surface area contributed by atoms with E-state index in [9.17, 15) is 0 Å². The second-order valence-corrected chi connectivity index (χ2v) is 6.70. The first-order valence-corrected chi connectivity index (χ1v) is 8.30. The van der Waals surface area contributed by atoms with Crippen molar-refractivity contribution >= 4 is 0 Å². The van der Waals surface area contributed by atoms with Crippen LogP contribution in [0.1, 0.15) is 45.6 Å². The molecule has 1 aliphatic rings. The van der Waals surface area contributed by atoms with Gasteiger partial charge in [-0.25, -0.2) is 0 Å². The van der Waals surface area contributed by atoms with Crippen LogP contribution in [-0.2, 0) is 6.42 Å². The molecule has 0 spiro atoms. The van der Waals surface area contributed by atoms with E-state index in [2.05, 4.69) is 43.2 Å². The Kier molecular flexibility index (Phi) is 6.03. The molecule has 1 aromatic heterocycles. The Morgan fingerprint density at radius 2 is 1.95 bits per heavy atom. The minimum Gasteiger partial charge on any atom is -0.317 e. The van der Waals surface area contributed by atoms with Crippen molar-refractivity contribution in [2.24, 2.45) is 23.7 Å². The van der Waals surface area contributed by atoms with Gasteiger partial charge in [-0.05, 0) is 80.1 Å². The van der Waals surface area contributed by atoms with Gasteiger partial charge in [-0.15, -0.1) is 0 Å². The SMILES string of the molecule is CCNCC1CCC(C(C)C)CC1Cc1ccncc1. The average Bonchev–Trinajstić information content (AvgIpc) is 2.47. The second-order valence-electron chi connectivity index (χ2n) is 6.70. The minimum absolute atomic E-state index is 0.829. The van der Waals surface area contributed by atoms with Gasteiger partial charge < -0.3 is 5.32 Å². The third-order valence-corrected chi connectivity index (χ3v) is 5.03. The third kappa shape index (κ3) is 4.31. The first-order chi connectivity index (χ1) is 9.70. The number of rotatable bonds is 6. The first-order valence-electron chi connectivity index (χ1n) is 8.30. The van der Waals surface area contributed by atoms with Crippen molar-refractivity contribution in [2.45, 2.75) is 46.5 Å². The lowest BCUT2D eigenvalue weighted by Gasteiger charge is -2.38. The van der Waals surface area contributed by atoms with Crippen molar-refractivity contribution in [3.63, 3.8) is 0 Å². The van der Waals surface area contributed by atoms with Crippen LogP contribution in [0.15, 0.2) is 24.5 Å². The van der Waals surface area contributed by atoms with Crippen molar-refractivity contribution in [3.05, 3.63) is 30.1 Å². The molecular weight excluding hydrogens is 244 g/mol. The van der Waals surface area contributed by atoms with Crippen molar-refractivity contribution in [2.75, 3.05) is 13.1 Å². The van der Waals surface area contributed by atoms with Crippen LogP contribution in [0, 0.1) is 23.7 Å². The lowest BCUT2D eigenvalue weighted by Crippen LogP contribution is -2.35. The molecule has 1 fully saturated rings. The fourth-order valence-corrected chi connectivity index (χ4v) is 3.64. The Morgan fingerprint density at radius 1 is 1.20 bits per heavy atom. The number of aromatic nitrogens is 1.